The summed E-state index contributed by atoms with van der Waals surface area (Å²) in [5, 5.41) is 7.24. The van der Waals surface area contributed by atoms with Crippen molar-refractivity contribution in [2.45, 2.75) is 20.0 Å². The highest BCUT2D eigenvalue weighted by Gasteiger charge is 2.18. The van der Waals surface area contributed by atoms with Crippen LogP contribution in [0.25, 0.3) is 5.69 Å². The molecule has 0 aliphatic rings. The number of anilines is 1. The molecular formula is C25H23FN4O3. The van der Waals surface area contributed by atoms with Gasteiger partial charge in [0.05, 0.1) is 30.3 Å². The molecule has 4 aromatic rings. The maximum Gasteiger partial charge on any atom is 0.259 e. The molecule has 0 saturated heterocycles. The lowest BCUT2D eigenvalue weighted by Gasteiger charge is -2.13. The minimum absolute atomic E-state index is 0.302. The molecule has 0 aliphatic carbocycles. The fourth-order valence-corrected chi connectivity index (χ4v) is 3.42. The van der Waals surface area contributed by atoms with Gasteiger partial charge in [-0.25, -0.2) is 9.07 Å². The van der Waals surface area contributed by atoms with Crippen LogP contribution < -0.4 is 14.8 Å². The molecule has 2 aromatic carbocycles. The normalized spacial score (nSPS) is 10.6. The molecule has 8 heteroatoms. The predicted octanol–water partition coefficient (Wildman–Crippen LogP) is 4.81. The molecule has 2 aromatic heterocycles. The first-order valence-electron chi connectivity index (χ1n) is 10.4. The Labute approximate surface area is 190 Å². The minimum Gasteiger partial charge on any atom is -0.493 e. The molecule has 33 heavy (non-hydrogen) atoms. The third kappa shape index (κ3) is 5.01. The number of amides is 1. The molecule has 0 radical (unpaired) electrons. The van der Waals surface area contributed by atoms with Gasteiger partial charge in [0.25, 0.3) is 5.91 Å². The van der Waals surface area contributed by atoms with E-state index < -0.39 is 0 Å². The van der Waals surface area contributed by atoms with Crippen LogP contribution >= 0.6 is 0 Å². The molecule has 4 rings (SSSR count). The van der Waals surface area contributed by atoms with E-state index in [1.54, 1.807) is 54.5 Å². The van der Waals surface area contributed by atoms with Crippen LogP contribution in [0.4, 0.5) is 10.1 Å². The van der Waals surface area contributed by atoms with Gasteiger partial charge in [-0.1, -0.05) is 13.0 Å². The van der Waals surface area contributed by atoms with Gasteiger partial charge >= 0.3 is 0 Å². The Balaban J connectivity index is 1.54. The lowest BCUT2D eigenvalue weighted by Crippen LogP contribution is -2.14. The number of pyridine rings is 1. The van der Waals surface area contributed by atoms with E-state index in [0.29, 0.717) is 41.5 Å². The second-order valence-electron chi connectivity index (χ2n) is 7.22. The number of nitrogens with zero attached hydrogens (tertiary/aromatic N) is 3. The molecule has 1 N–H and O–H groups in total. The minimum atomic E-state index is -0.331. The largest absolute Gasteiger partial charge is 0.493 e. The molecule has 0 saturated carbocycles. The summed E-state index contributed by atoms with van der Waals surface area (Å²) in [6.07, 6.45) is 5.51. The van der Waals surface area contributed by atoms with E-state index in [2.05, 4.69) is 15.4 Å². The van der Waals surface area contributed by atoms with Crippen molar-refractivity contribution in [1.29, 1.82) is 0 Å². The Morgan fingerprint density at radius 3 is 2.61 bits per heavy atom. The Morgan fingerprint density at radius 2 is 1.91 bits per heavy atom. The summed E-state index contributed by atoms with van der Waals surface area (Å²) in [6.45, 7) is 2.25. The SMILES string of the molecule is CCc1c(C(=O)Nc2ccc(OC)c(OCc3cccnc3)c2)cnn1-c1ccc(F)cc1. The van der Waals surface area contributed by atoms with Gasteiger partial charge in [0.15, 0.2) is 11.5 Å². The Bertz CT molecular complexity index is 1240. The number of hydrogen-bond donors (Lipinski definition) is 1. The summed E-state index contributed by atoms with van der Waals surface area (Å²) >= 11 is 0. The van der Waals surface area contributed by atoms with Crippen molar-refractivity contribution < 1.29 is 18.7 Å². The van der Waals surface area contributed by atoms with Crippen molar-refractivity contribution in [2.75, 3.05) is 12.4 Å². The van der Waals surface area contributed by atoms with Crippen LogP contribution in [0.3, 0.4) is 0 Å². The predicted molar refractivity (Wildman–Crippen MR) is 122 cm³/mol. The van der Waals surface area contributed by atoms with Crippen LogP contribution in [0, 0.1) is 5.82 Å². The van der Waals surface area contributed by atoms with E-state index in [1.165, 1.54) is 18.3 Å². The first-order chi connectivity index (χ1) is 16.1. The highest BCUT2D eigenvalue weighted by molar-refractivity contribution is 6.05. The summed E-state index contributed by atoms with van der Waals surface area (Å²) in [6, 6.07) is 14.9. The number of methoxy groups -OCH3 is 1. The fourth-order valence-electron chi connectivity index (χ4n) is 3.42. The number of ether oxygens (including phenoxy) is 2. The zero-order valence-electron chi connectivity index (χ0n) is 18.3. The second-order valence-corrected chi connectivity index (χ2v) is 7.22. The first-order valence-corrected chi connectivity index (χ1v) is 10.4. The fraction of sp³-hybridized carbons (Fsp3) is 0.160. The summed E-state index contributed by atoms with van der Waals surface area (Å²) in [5.41, 5.74) is 3.31. The van der Waals surface area contributed by atoms with Gasteiger partial charge in [-0.2, -0.15) is 5.10 Å². The monoisotopic (exact) mass is 446 g/mol. The van der Waals surface area contributed by atoms with Crippen molar-refractivity contribution in [3.8, 4) is 17.2 Å². The van der Waals surface area contributed by atoms with Crippen LogP contribution in [0.2, 0.25) is 0 Å². The van der Waals surface area contributed by atoms with Crippen molar-refractivity contribution >= 4 is 11.6 Å². The van der Waals surface area contributed by atoms with Crippen LogP contribution in [0.5, 0.6) is 11.5 Å². The van der Waals surface area contributed by atoms with Crippen LogP contribution in [0.1, 0.15) is 28.5 Å². The molecule has 0 unspecified atom stereocenters. The Kier molecular flexibility index (Phi) is 6.64. The van der Waals surface area contributed by atoms with Crippen molar-refractivity contribution in [2.24, 2.45) is 0 Å². The third-order valence-electron chi connectivity index (χ3n) is 5.06. The van der Waals surface area contributed by atoms with Gasteiger partial charge in [-0.05, 0) is 48.9 Å². The Hall–Kier alpha value is -4.20. The second kappa shape index (κ2) is 9.95. The van der Waals surface area contributed by atoms with E-state index in [9.17, 15) is 9.18 Å². The van der Waals surface area contributed by atoms with E-state index in [4.69, 9.17) is 9.47 Å². The van der Waals surface area contributed by atoms with Crippen molar-refractivity contribution in [3.63, 3.8) is 0 Å². The number of carbonyl (C=O) groups excluding carboxylic acids is 1. The van der Waals surface area contributed by atoms with Crippen LogP contribution in [0.15, 0.2) is 73.2 Å². The summed E-state index contributed by atoms with van der Waals surface area (Å²) < 4.78 is 26.2. The average Bonchev–Trinajstić information content (AvgIpc) is 3.28. The molecule has 168 valence electrons. The molecule has 0 aliphatic heterocycles. The smallest absolute Gasteiger partial charge is 0.259 e. The van der Waals surface area contributed by atoms with E-state index in [-0.39, 0.29) is 11.7 Å². The number of aromatic nitrogens is 3. The summed E-state index contributed by atoms with van der Waals surface area (Å²) in [5.74, 6) is 0.415. The molecule has 0 fully saturated rings. The maximum atomic E-state index is 13.3. The molecule has 0 spiro atoms. The van der Waals surface area contributed by atoms with E-state index >= 15 is 0 Å². The molecule has 0 bridgehead atoms. The van der Waals surface area contributed by atoms with Gasteiger partial charge in [-0.15, -0.1) is 0 Å². The van der Waals surface area contributed by atoms with Crippen molar-refractivity contribution in [3.05, 3.63) is 95.8 Å². The molecule has 0 atom stereocenters. The van der Waals surface area contributed by atoms with Gasteiger partial charge in [-0.3, -0.25) is 9.78 Å². The van der Waals surface area contributed by atoms with Crippen LogP contribution in [-0.2, 0) is 13.0 Å². The Morgan fingerprint density at radius 1 is 1.09 bits per heavy atom. The van der Waals surface area contributed by atoms with Crippen LogP contribution in [-0.4, -0.2) is 27.8 Å². The topological polar surface area (TPSA) is 78.3 Å². The van der Waals surface area contributed by atoms with Gasteiger partial charge < -0.3 is 14.8 Å². The van der Waals surface area contributed by atoms with Crippen molar-refractivity contribution in [1.82, 2.24) is 14.8 Å². The number of halogens is 1. The summed E-state index contributed by atoms with van der Waals surface area (Å²) in [4.78, 5) is 17.1. The maximum absolute atomic E-state index is 13.3. The van der Waals surface area contributed by atoms with Gasteiger partial charge in [0.2, 0.25) is 0 Å². The lowest BCUT2D eigenvalue weighted by atomic mass is 10.1. The first kappa shape index (κ1) is 22.0. The average molecular weight is 446 g/mol. The number of carbonyl (C=O) groups is 1. The third-order valence-corrected chi connectivity index (χ3v) is 5.06. The van der Waals surface area contributed by atoms with Gasteiger partial charge in [0.1, 0.15) is 12.4 Å². The quantitative estimate of drug-likeness (QED) is 0.420. The van der Waals surface area contributed by atoms with E-state index in [1.807, 2.05) is 19.1 Å². The zero-order chi connectivity index (χ0) is 23.2. The lowest BCUT2D eigenvalue weighted by molar-refractivity contribution is 0.102. The standard InChI is InChI=1S/C25H23FN4O3/c1-3-22-21(15-28-30(22)20-9-6-18(26)7-10-20)25(31)29-19-8-11-23(32-2)24(13-19)33-16-17-5-4-12-27-14-17/h4-15H,3,16H2,1-2H3,(H,29,31). The number of nitrogens with one attached hydrogen (secondary N) is 1. The summed E-state index contributed by atoms with van der Waals surface area (Å²) in [7, 11) is 1.56. The highest BCUT2D eigenvalue weighted by atomic mass is 19.1. The molecule has 1 amide bonds. The number of rotatable bonds is 8. The zero-order valence-corrected chi connectivity index (χ0v) is 18.3. The van der Waals surface area contributed by atoms with Gasteiger partial charge in [0, 0.05) is 29.7 Å². The molecule has 7 nitrogen and oxygen atoms in total. The molecular weight excluding hydrogens is 423 g/mol. The van der Waals surface area contributed by atoms with E-state index in [0.717, 1.165) is 11.3 Å². The number of benzene rings is 2. The molecule has 2 heterocycles. The highest BCUT2D eigenvalue weighted by Crippen LogP contribution is 2.31. The number of hydrogen-bond acceptors (Lipinski definition) is 5.